The molecule has 3 fully saturated rings. The molecule has 0 amide bonds. The number of hydrogen-bond acceptors (Lipinski definition) is 2. The zero-order chi connectivity index (χ0) is 9.65. The van der Waals surface area contributed by atoms with Gasteiger partial charge in [-0.25, -0.2) is 0 Å². The van der Waals surface area contributed by atoms with Gasteiger partial charge >= 0.3 is 0 Å². The first-order valence-corrected chi connectivity index (χ1v) is 7.14. The van der Waals surface area contributed by atoms with Crippen LogP contribution in [0.25, 0.3) is 0 Å². The number of nitrogens with one attached hydrogen (secondary N) is 1. The summed E-state index contributed by atoms with van der Waals surface area (Å²) >= 11 is 2.25. The summed E-state index contributed by atoms with van der Waals surface area (Å²) in [6.07, 6.45) is 8.89. The molecule has 1 heterocycles. The number of thioether (sulfide) groups is 1. The molecule has 14 heavy (non-hydrogen) atoms. The van der Waals surface area contributed by atoms with E-state index in [2.05, 4.69) is 24.0 Å². The van der Waals surface area contributed by atoms with E-state index < -0.39 is 0 Å². The van der Waals surface area contributed by atoms with Crippen molar-refractivity contribution >= 4 is 11.8 Å². The van der Waals surface area contributed by atoms with Crippen molar-refractivity contribution in [2.24, 2.45) is 11.3 Å². The van der Waals surface area contributed by atoms with Gasteiger partial charge in [-0.1, -0.05) is 19.8 Å². The van der Waals surface area contributed by atoms with Crippen LogP contribution in [0.2, 0.25) is 0 Å². The van der Waals surface area contributed by atoms with Crippen molar-refractivity contribution in [1.82, 2.24) is 5.32 Å². The van der Waals surface area contributed by atoms with Crippen LogP contribution in [-0.2, 0) is 0 Å². The molecule has 2 aliphatic carbocycles. The lowest BCUT2D eigenvalue weighted by atomic mass is 9.64. The van der Waals surface area contributed by atoms with Crippen LogP contribution in [0.4, 0.5) is 0 Å². The van der Waals surface area contributed by atoms with Crippen molar-refractivity contribution in [3.63, 3.8) is 0 Å². The molecule has 1 N–H and O–H groups in total. The number of hydrogen-bond donors (Lipinski definition) is 1. The van der Waals surface area contributed by atoms with Gasteiger partial charge in [-0.15, -0.1) is 11.8 Å². The zero-order valence-corrected chi connectivity index (χ0v) is 9.96. The van der Waals surface area contributed by atoms with Crippen LogP contribution in [0.1, 0.15) is 45.4 Å². The van der Waals surface area contributed by atoms with E-state index in [1.165, 1.54) is 50.8 Å². The minimum absolute atomic E-state index is 0.512. The van der Waals surface area contributed by atoms with Gasteiger partial charge in [0.05, 0.1) is 4.87 Å². The van der Waals surface area contributed by atoms with Gasteiger partial charge in [0.2, 0.25) is 0 Å². The lowest BCUT2D eigenvalue weighted by Gasteiger charge is -2.54. The van der Waals surface area contributed by atoms with Gasteiger partial charge in [-0.05, 0) is 49.3 Å². The summed E-state index contributed by atoms with van der Waals surface area (Å²) in [6, 6.07) is 0. The van der Waals surface area contributed by atoms with E-state index in [0.29, 0.717) is 4.87 Å². The highest BCUT2D eigenvalue weighted by atomic mass is 32.2. The van der Waals surface area contributed by atoms with Crippen molar-refractivity contribution in [3.05, 3.63) is 0 Å². The van der Waals surface area contributed by atoms with E-state index in [1.807, 2.05) is 0 Å². The predicted molar refractivity (Wildman–Crippen MR) is 62.5 cm³/mol. The quantitative estimate of drug-likeness (QED) is 0.661. The van der Waals surface area contributed by atoms with Crippen LogP contribution in [0, 0.1) is 11.3 Å². The Morgan fingerprint density at radius 3 is 2.43 bits per heavy atom. The Hall–Kier alpha value is 0.310. The summed E-state index contributed by atoms with van der Waals surface area (Å²) in [5.74, 6) is 2.26. The zero-order valence-electron chi connectivity index (χ0n) is 9.14. The molecule has 3 rings (SSSR count). The predicted octanol–water partition coefficient (Wildman–Crippen LogP) is 3.01. The summed E-state index contributed by atoms with van der Waals surface area (Å²) in [5.41, 5.74) is 0.720. The van der Waals surface area contributed by atoms with E-state index in [4.69, 9.17) is 0 Å². The Morgan fingerprint density at radius 2 is 1.86 bits per heavy atom. The summed E-state index contributed by atoms with van der Waals surface area (Å²) in [6.45, 7) is 3.63. The molecule has 0 aromatic carbocycles. The molecule has 1 aliphatic heterocycles. The third-order valence-corrected chi connectivity index (χ3v) is 6.71. The van der Waals surface area contributed by atoms with Crippen LogP contribution in [0.5, 0.6) is 0 Å². The Bertz CT molecular complexity index is 226. The maximum absolute atomic E-state index is 3.90. The first-order chi connectivity index (χ1) is 6.77. The summed E-state index contributed by atoms with van der Waals surface area (Å²) < 4.78 is 0. The molecular weight excluding hydrogens is 190 g/mol. The fourth-order valence-electron chi connectivity index (χ4n) is 3.63. The normalized spacial score (nSPS) is 45.6. The minimum Gasteiger partial charge on any atom is -0.302 e. The largest absolute Gasteiger partial charge is 0.302 e. The van der Waals surface area contributed by atoms with Gasteiger partial charge in [0.25, 0.3) is 0 Å². The Labute approximate surface area is 91.4 Å². The summed E-state index contributed by atoms with van der Waals surface area (Å²) in [5, 5.41) is 3.90. The summed E-state index contributed by atoms with van der Waals surface area (Å²) in [4.78, 5) is 0.512. The maximum Gasteiger partial charge on any atom is 0.0702 e. The van der Waals surface area contributed by atoms with Crippen molar-refractivity contribution < 1.29 is 0 Å². The van der Waals surface area contributed by atoms with E-state index >= 15 is 0 Å². The van der Waals surface area contributed by atoms with Crippen LogP contribution >= 0.6 is 11.8 Å². The minimum atomic E-state index is 0.512. The third kappa shape index (κ3) is 1.13. The van der Waals surface area contributed by atoms with Gasteiger partial charge in [-0.2, -0.15) is 0 Å². The fraction of sp³-hybridized carbons (Fsp3) is 1.00. The van der Waals surface area contributed by atoms with Gasteiger partial charge in [-0.3, -0.25) is 0 Å². The average Bonchev–Trinajstić information content (AvgIpc) is 2.49. The smallest absolute Gasteiger partial charge is 0.0702 e. The Kier molecular flexibility index (Phi) is 2.14. The van der Waals surface area contributed by atoms with Gasteiger partial charge < -0.3 is 5.32 Å². The summed E-state index contributed by atoms with van der Waals surface area (Å²) in [7, 11) is 0. The van der Waals surface area contributed by atoms with Crippen molar-refractivity contribution in [2.75, 3.05) is 12.3 Å². The second-order valence-corrected chi connectivity index (χ2v) is 6.93. The molecular formula is C12H21NS. The fourth-order valence-corrected chi connectivity index (χ4v) is 5.41. The molecule has 0 radical (unpaired) electrons. The van der Waals surface area contributed by atoms with Crippen molar-refractivity contribution in [3.8, 4) is 0 Å². The van der Waals surface area contributed by atoms with E-state index in [-0.39, 0.29) is 0 Å². The number of rotatable bonds is 0. The monoisotopic (exact) mass is 211 g/mol. The molecule has 2 unspecified atom stereocenters. The highest BCUT2D eigenvalue weighted by Gasteiger charge is 2.58. The lowest BCUT2D eigenvalue weighted by molar-refractivity contribution is 0.0773. The molecule has 0 aromatic rings. The van der Waals surface area contributed by atoms with Gasteiger partial charge in [0.15, 0.2) is 0 Å². The third-order valence-electron chi connectivity index (χ3n) is 4.70. The molecule has 2 spiro atoms. The topological polar surface area (TPSA) is 12.0 Å². The van der Waals surface area contributed by atoms with E-state index in [9.17, 15) is 0 Å². The maximum atomic E-state index is 3.90. The molecule has 0 bridgehead atoms. The molecule has 2 saturated carbocycles. The Balaban J connectivity index is 1.81. The Morgan fingerprint density at radius 1 is 1.14 bits per heavy atom. The second-order valence-electron chi connectivity index (χ2n) is 5.61. The lowest BCUT2D eigenvalue weighted by Crippen LogP contribution is -2.59. The van der Waals surface area contributed by atoms with Crippen LogP contribution in [0.3, 0.4) is 0 Å². The molecule has 1 nitrogen and oxygen atoms in total. The van der Waals surface area contributed by atoms with E-state index in [1.54, 1.807) is 0 Å². The standard InChI is InChI=1S/C12H21NS/c1-10-8-13-12(14-9-10)7-3-6-11(12)4-2-5-11/h10,13H,2-9H2,1H3. The first kappa shape index (κ1) is 9.53. The van der Waals surface area contributed by atoms with Crippen LogP contribution in [-0.4, -0.2) is 17.2 Å². The highest BCUT2D eigenvalue weighted by Crippen LogP contribution is 2.63. The average molecular weight is 211 g/mol. The first-order valence-electron chi connectivity index (χ1n) is 6.15. The molecule has 2 atom stereocenters. The number of fused-ring (bicyclic) bond motifs is 1. The van der Waals surface area contributed by atoms with Crippen molar-refractivity contribution in [2.45, 2.75) is 50.3 Å². The molecule has 1 saturated heterocycles. The van der Waals surface area contributed by atoms with E-state index in [0.717, 1.165) is 11.3 Å². The van der Waals surface area contributed by atoms with Crippen molar-refractivity contribution in [1.29, 1.82) is 0 Å². The molecule has 2 heteroatoms. The second kappa shape index (κ2) is 3.15. The molecule has 80 valence electrons. The van der Waals surface area contributed by atoms with Gasteiger partial charge in [0.1, 0.15) is 0 Å². The van der Waals surface area contributed by atoms with Crippen LogP contribution < -0.4 is 5.32 Å². The molecule has 0 aromatic heterocycles. The SMILES string of the molecule is CC1CNC2(CCCC23CCC3)SC1. The highest BCUT2D eigenvalue weighted by molar-refractivity contribution is 8.00. The molecule has 3 aliphatic rings. The van der Waals surface area contributed by atoms with Crippen LogP contribution in [0.15, 0.2) is 0 Å². The van der Waals surface area contributed by atoms with Gasteiger partial charge in [0, 0.05) is 0 Å².